The van der Waals surface area contributed by atoms with E-state index in [-0.39, 0.29) is 38.5 Å². The fourth-order valence-electron chi connectivity index (χ4n) is 2.68. The van der Waals surface area contributed by atoms with Gasteiger partial charge >= 0.3 is 0 Å². The molecule has 0 spiro atoms. The minimum atomic E-state index is -4.06. The lowest BCUT2D eigenvalue weighted by molar-refractivity contribution is 0.386. The van der Waals surface area contributed by atoms with Crippen molar-refractivity contribution >= 4 is 62.9 Å². The highest BCUT2D eigenvalue weighted by molar-refractivity contribution is 8.01. The van der Waals surface area contributed by atoms with E-state index < -0.39 is 20.3 Å². The van der Waals surface area contributed by atoms with Gasteiger partial charge in [-0.15, -0.1) is 11.3 Å². The second kappa shape index (κ2) is 6.19. The molecule has 0 saturated heterocycles. The number of thiazole rings is 1. The molecule has 1 N–H and O–H groups in total. The summed E-state index contributed by atoms with van der Waals surface area (Å²) >= 11 is 13.5. The summed E-state index contributed by atoms with van der Waals surface area (Å²) in [6.45, 7) is 2.81. The maximum atomic E-state index is 13.3. The predicted molar refractivity (Wildman–Crippen MR) is 101 cm³/mol. The summed E-state index contributed by atoms with van der Waals surface area (Å²) < 4.78 is 30.5. The molecule has 1 aliphatic rings. The van der Waals surface area contributed by atoms with Crippen molar-refractivity contribution < 1.29 is 18.3 Å². The Morgan fingerprint density at radius 1 is 1.32 bits per heavy atom. The summed E-state index contributed by atoms with van der Waals surface area (Å²) in [7, 11) is 1.38. The minimum Gasteiger partial charge on any atom is -0.505 e. The van der Waals surface area contributed by atoms with Crippen LogP contribution in [0.25, 0.3) is 10.7 Å². The molecular formula is C15H12BCl2NO4S2. The Balaban J connectivity index is 2.46. The quantitative estimate of drug-likeness (QED) is 0.766. The summed E-state index contributed by atoms with van der Waals surface area (Å²) in [6, 6.07) is 2.91. The number of hydrogen-bond donors (Lipinski definition) is 1. The van der Waals surface area contributed by atoms with Crippen molar-refractivity contribution in [2.75, 3.05) is 6.51 Å². The van der Waals surface area contributed by atoms with Crippen molar-refractivity contribution in [3.63, 3.8) is 0 Å². The third-order valence-corrected chi connectivity index (χ3v) is 7.94. The first-order valence-corrected chi connectivity index (χ1v) is 10.2. The molecule has 2 radical (unpaired) electrons. The van der Waals surface area contributed by atoms with E-state index >= 15 is 0 Å². The number of benzene rings is 1. The largest absolute Gasteiger partial charge is 0.505 e. The predicted octanol–water partition coefficient (Wildman–Crippen LogP) is 4.00. The molecule has 5 nitrogen and oxygen atoms in total. The highest BCUT2D eigenvalue weighted by Gasteiger charge is 2.50. The van der Waals surface area contributed by atoms with Gasteiger partial charge in [-0.3, -0.25) is 0 Å². The van der Waals surface area contributed by atoms with Gasteiger partial charge in [0.05, 0.1) is 31.7 Å². The fourth-order valence-corrected chi connectivity index (χ4v) is 5.96. The molecule has 1 aliphatic heterocycles. The maximum absolute atomic E-state index is 13.3. The lowest BCUT2D eigenvalue weighted by Crippen LogP contribution is -2.34. The molecule has 1 aromatic heterocycles. The molecule has 130 valence electrons. The van der Waals surface area contributed by atoms with E-state index in [0.717, 1.165) is 11.3 Å². The molecule has 10 heteroatoms. The van der Waals surface area contributed by atoms with Crippen LogP contribution in [0.4, 0.5) is 0 Å². The Hall–Kier alpha value is -1.22. The fraction of sp³-hybridized carbons (Fsp3) is 0.267. The Labute approximate surface area is 160 Å². The third-order valence-electron chi connectivity index (χ3n) is 4.02. The first-order chi connectivity index (χ1) is 11.6. The van der Waals surface area contributed by atoms with E-state index in [1.54, 1.807) is 0 Å². The Bertz CT molecular complexity index is 999. The molecule has 0 amide bonds. The number of sulfone groups is 1. The number of aliphatic hydroxyl groups is 1. The smallest absolute Gasteiger partial charge is 0.193 e. The van der Waals surface area contributed by atoms with Gasteiger partial charge in [-0.05, 0) is 26.0 Å². The third kappa shape index (κ3) is 2.58. The number of halogens is 2. The normalized spacial score (nSPS) is 18.1. The van der Waals surface area contributed by atoms with E-state index in [4.69, 9.17) is 35.8 Å². The van der Waals surface area contributed by atoms with Gasteiger partial charge in [0.2, 0.25) is 0 Å². The van der Waals surface area contributed by atoms with E-state index in [1.807, 2.05) is 0 Å². The van der Waals surface area contributed by atoms with Crippen molar-refractivity contribution in [3.8, 4) is 5.75 Å². The average Bonchev–Trinajstić information content (AvgIpc) is 3.03. The highest BCUT2D eigenvalue weighted by atomic mass is 35.5. The molecule has 1 aromatic carbocycles. The van der Waals surface area contributed by atoms with Crippen molar-refractivity contribution in [2.45, 2.75) is 18.6 Å². The molecule has 0 saturated carbocycles. The Kier molecular flexibility index (Phi) is 4.60. The molecule has 25 heavy (non-hydrogen) atoms. The molecule has 0 bridgehead atoms. The van der Waals surface area contributed by atoms with Gasteiger partial charge in [0.15, 0.2) is 15.6 Å². The summed E-state index contributed by atoms with van der Waals surface area (Å²) in [6.07, 6.45) is 0. The van der Waals surface area contributed by atoms with Crippen molar-refractivity contribution in [1.82, 2.24) is 4.98 Å². The topological polar surface area (TPSA) is 76.5 Å². The zero-order valence-electron chi connectivity index (χ0n) is 13.2. The van der Waals surface area contributed by atoms with E-state index in [0.29, 0.717) is 4.88 Å². The number of aliphatic hydroxyl groups excluding tert-OH is 1. The number of nitrogens with zero attached hydrogens (tertiary/aromatic N) is 1. The van der Waals surface area contributed by atoms with Crippen LogP contribution >= 0.6 is 34.5 Å². The first-order valence-electron chi connectivity index (χ1n) is 7.08. The van der Waals surface area contributed by atoms with Gasteiger partial charge in [-0.1, -0.05) is 23.2 Å². The average molecular weight is 416 g/mol. The van der Waals surface area contributed by atoms with Gasteiger partial charge in [0.25, 0.3) is 0 Å². The number of hydrogen-bond acceptors (Lipinski definition) is 6. The van der Waals surface area contributed by atoms with E-state index in [1.165, 1.54) is 31.5 Å². The van der Waals surface area contributed by atoms with Crippen LogP contribution in [0.3, 0.4) is 0 Å². The second-order valence-corrected chi connectivity index (χ2v) is 9.87. The van der Waals surface area contributed by atoms with Gasteiger partial charge in [0.1, 0.15) is 23.2 Å². The summed E-state index contributed by atoms with van der Waals surface area (Å²) in [4.78, 5) is 4.14. The highest BCUT2D eigenvalue weighted by Crippen LogP contribution is 2.52. The second-order valence-electron chi connectivity index (χ2n) is 5.77. The van der Waals surface area contributed by atoms with Crippen LogP contribution in [0.5, 0.6) is 5.75 Å². The number of aromatic nitrogens is 1. The van der Waals surface area contributed by atoms with Crippen molar-refractivity contribution in [3.05, 3.63) is 43.8 Å². The lowest BCUT2D eigenvalue weighted by Gasteiger charge is -2.31. The molecule has 0 aliphatic carbocycles. The lowest BCUT2D eigenvalue weighted by atomic mass is 10.1. The zero-order chi connectivity index (χ0) is 18.6. The SMILES string of the molecule is [B]COc1c(Cl)ccc(Cl)c1C1=C(O)c2scnc2C(C)(C)S1(=O)=O. The number of fused-ring (bicyclic) bond motifs is 1. The molecular weight excluding hydrogens is 404 g/mol. The Morgan fingerprint density at radius 2 is 1.96 bits per heavy atom. The van der Waals surface area contributed by atoms with Crippen LogP contribution in [-0.4, -0.2) is 32.9 Å². The molecule has 0 atom stereocenters. The molecule has 0 fully saturated rings. The van der Waals surface area contributed by atoms with Gasteiger partial charge < -0.3 is 9.84 Å². The van der Waals surface area contributed by atoms with Crippen LogP contribution in [0.2, 0.25) is 10.0 Å². The zero-order valence-corrected chi connectivity index (χ0v) is 16.4. The molecule has 0 unspecified atom stereocenters. The van der Waals surface area contributed by atoms with E-state index in [9.17, 15) is 13.5 Å². The van der Waals surface area contributed by atoms with Gasteiger partial charge in [0, 0.05) is 6.51 Å². The van der Waals surface area contributed by atoms with E-state index in [2.05, 4.69) is 4.98 Å². The maximum Gasteiger partial charge on any atom is 0.193 e. The monoisotopic (exact) mass is 415 g/mol. The van der Waals surface area contributed by atoms with Crippen molar-refractivity contribution in [2.24, 2.45) is 0 Å². The summed E-state index contributed by atoms with van der Waals surface area (Å²) in [5, 5.41) is 10.9. The van der Waals surface area contributed by atoms with Crippen LogP contribution in [0.1, 0.15) is 30.0 Å². The Morgan fingerprint density at radius 3 is 2.60 bits per heavy atom. The minimum absolute atomic E-state index is 0.00515. The molecule has 2 heterocycles. The van der Waals surface area contributed by atoms with Gasteiger partial charge in [-0.2, -0.15) is 0 Å². The van der Waals surface area contributed by atoms with Crippen LogP contribution in [0.15, 0.2) is 17.6 Å². The number of rotatable bonds is 3. The van der Waals surface area contributed by atoms with Crippen molar-refractivity contribution in [1.29, 1.82) is 0 Å². The van der Waals surface area contributed by atoms with Crippen LogP contribution < -0.4 is 4.74 Å². The summed E-state index contributed by atoms with van der Waals surface area (Å²) in [5.41, 5.74) is 1.76. The molecule has 2 aromatic rings. The van der Waals surface area contributed by atoms with Crippen LogP contribution in [0, 0.1) is 0 Å². The molecule has 3 rings (SSSR count). The standard InChI is InChI=1S/C15H12BCl2NO4S2/c1-15(2)14-12(24-6-19-14)10(20)13(25(15,21)22)9-7(17)3-4-8(18)11(9)23-5-16/h3-4,6,20H,5H2,1-2H3. The first kappa shape index (κ1) is 18.6. The van der Waals surface area contributed by atoms with Gasteiger partial charge in [-0.25, -0.2) is 13.4 Å². The summed E-state index contributed by atoms with van der Waals surface area (Å²) in [5.74, 6) is -0.423. The number of ether oxygens (including phenoxy) is 1. The van der Waals surface area contributed by atoms with Crippen LogP contribution in [-0.2, 0) is 14.6 Å².